The number of rotatable bonds is 5. The predicted octanol–water partition coefficient (Wildman–Crippen LogP) is 2.91. The van der Waals surface area contributed by atoms with Crippen molar-refractivity contribution in [2.24, 2.45) is 0 Å². The second-order valence-electron chi connectivity index (χ2n) is 4.72. The third-order valence-corrected chi connectivity index (χ3v) is 3.22. The highest BCUT2D eigenvalue weighted by molar-refractivity contribution is 5.94. The van der Waals surface area contributed by atoms with Crippen molar-refractivity contribution in [3.63, 3.8) is 0 Å². The summed E-state index contributed by atoms with van der Waals surface area (Å²) in [6.45, 7) is 0.159. The number of hydrogen-bond donors (Lipinski definition) is 0. The van der Waals surface area contributed by atoms with Crippen LogP contribution in [0.15, 0.2) is 42.5 Å². The first kappa shape index (κ1) is 16.5. The maximum absolute atomic E-state index is 12.9. The van der Waals surface area contributed by atoms with Gasteiger partial charge in [-0.2, -0.15) is 5.26 Å². The summed E-state index contributed by atoms with van der Waals surface area (Å²) in [4.78, 5) is 16.9. The molecule has 0 saturated heterocycles. The molecule has 0 N–H and O–H groups in total. The van der Waals surface area contributed by atoms with Crippen molar-refractivity contribution in [3.8, 4) is 11.8 Å². The molecule has 0 bridgehead atoms. The van der Waals surface area contributed by atoms with Crippen LogP contribution >= 0.6 is 0 Å². The third kappa shape index (κ3) is 4.05. The summed E-state index contributed by atoms with van der Waals surface area (Å²) in [5, 5.41) is 10.2. The van der Waals surface area contributed by atoms with Crippen LogP contribution in [-0.2, 0) is 11.4 Å². The van der Waals surface area contributed by atoms with Gasteiger partial charge >= 0.3 is 0 Å². The fourth-order valence-electron chi connectivity index (χ4n) is 1.87. The van der Waals surface area contributed by atoms with Crippen LogP contribution in [0, 0.1) is 17.1 Å². The number of benzene rings is 2. The van der Waals surface area contributed by atoms with E-state index in [1.54, 1.807) is 12.1 Å². The van der Waals surface area contributed by atoms with Gasteiger partial charge in [0.05, 0.1) is 12.7 Å². The molecule has 0 aliphatic rings. The lowest BCUT2D eigenvalue weighted by Crippen LogP contribution is -2.25. The number of hydroxylamine groups is 2. The normalized spacial score (nSPS) is 10.0. The molecule has 0 spiro atoms. The predicted molar refractivity (Wildman–Crippen MR) is 81.0 cm³/mol. The monoisotopic (exact) mass is 314 g/mol. The molecule has 6 heteroatoms. The van der Waals surface area contributed by atoms with E-state index in [-0.39, 0.29) is 24.1 Å². The van der Waals surface area contributed by atoms with Crippen molar-refractivity contribution >= 4 is 5.91 Å². The minimum atomic E-state index is -0.358. The van der Waals surface area contributed by atoms with Crippen molar-refractivity contribution in [2.45, 2.75) is 6.61 Å². The van der Waals surface area contributed by atoms with Gasteiger partial charge in [0.2, 0.25) is 0 Å². The van der Waals surface area contributed by atoms with E-state index in [1.807, 2.05) is 6.07 Å². The molecule has 0 aliphatic carbocycles. The van der Waals surface area contributed by atoms with Crippen LogP contribution in [0.5, 0.6) is 5.75 Å². The average molecular weight is 314 g/mol. The number of carbonyl (C=O) groups excluding carboxylic acids is 1. The highest BCUT2D eigenvalue weighted by Gasteiger charge is 2.14. The molecule has 0 aromatic heterocycles. The second kappa shape index (κ2) is 7.38. The molecule has 0 unspecified atom stereocenters. The molecule has 0 atom stereocenters. The summed E-state index contributed by atoms with van der Waals surface area (Å²) in [7, 11) is 2.87. The van der Waals surface area contributed by atoms with Gasteiger partial charge in [-0.1, -0.05) is 12.1 Å². The lowest BCUT2D eigenvalue weighted by molar-refractivity contribution is -0.0757. The van der Waals surface area contributed by atoms with Crippen LogP contribution in [0.1, 0.15) is 21.5 Å². The van der Waals surface area contributed by atoms with E-state index in [0.29, 0.717) is 11.1 Å². The molecular formula is C17H15FN2O3. The van der Waals surface area contributed by atoms with E-state index in [0.717, 1.165) is 10.6 Å². The maximum atomic E-state index is 12.9. The van der Waals surface area contributed by atoms with Crippen molar-refractivity contribution in [2.75, 3.05) is 14.2 Å². The Balaban J connectivity index is 2.20. The van der Waals surface area contributed by atoms with E-state index in [2.05, 4.69) is 0 Å². The van der Waals surface area contributed by atoms with E-state index < -0.39 is 0 Å². The summed E-state index contributed by atoms with van der Waals surface area (Å²) in [6.07, 6.45) is 0. The molecular weight excluding hydrogens is 299 g/mol. The Morgan fingerprint density at radius 3 is 2.57 bits per heavy atom. The van der Waals surface area contributed by atoms with E-state index in [1.165, 1.54) is 44.5 Å². The Morgan fingerprint density at radius 1 is 1.26 bits per heavy atom. The summed E-state index contributed by atoms with van der Waals surface area (Å²) in [5.41, 5.74) is 1.40. The molecule has 0 radical (unpaired) electrons. The van der Waals surface area contributed by atoms with Crippen LogP contribution < -0.4 is 4.74 Å². The Labute approximate surface area is 133 Å². The standard InChI is InChI=1S/C17H15FN2O3/c1-20(22-2)17(21)13-5-6-14(10-19)16(9-13)23-11-12-3-7-15(18)8-4-12/h3-9H,11H2,1-2H3. The summed E-state index contributed by atoms with van der Waals surface area (Å²) in [5.74, 6) is -0.405. The van der Waals surface area contributed by atoms with Gasteiger partial charge in [0.25, 0.3) is 5.91 Å². The average Bonchev–Trinajstić information content (AvgIpc) is 2.59. The molecule has 1 amide bonds. The molecule has 23 heavy (non-hydrogen) atoms. The zero-order valence-electron chi connectivity index (χ0n) is 12.7. The smallest absolute Gasteiger partial charge is 0.277 e. The summed E-state index contributed by atoms with van der Waals surface area (Å²) in [6, 6.07) is 12.4. The minimum absolute atomic E-state index is 0.159. The topological polar surface area (TPSA) is 62.6 Å². The molecule has 0 saturated carbocycles. The number of amides is 1. The van der Waals surface area contributed by atoms with Crippen molar-refractivity contribution in [3.05, 3.63) is 65.0 Å². The first-order chi connectivity index (χ1) is 11.0. The fourth-order valence-corrected chi connectivity index (χ4v) is 1.87. The van der Waals surface area contributed by atoms with Crippen LogP contribution in [0.3, 0.4) is 0 Å². The Hall–Kier alpha value is -2.91. The Morgan fingerprint density at radius 2 is 1.96 bits per heavy atom. The first-order valence-corrected chi connectivity index (χ1v) is 6.78. The van der Waals surface area contributed by atoms with Crippen molar-refractivity contribution < 1.29 is 18.8 Å². The van der Waals surface area contributed by atoms with Gasteiger partial charge < -0.3 is 4.74 Å². The molecule has 0 aliphatic heterocycles. The summed E-state index contributed by atoms with van der Waals surface area (Å²) >= 11 is 0. The van der Waals surface area contributed by atoms with E-state index in [9.17, 15) is 9.18 Å². The quantitative estimate of drug-likeness (QED) is 0.796. The van der Waals surface area contributed by atoms with Gasteiger partial charge in [-0.3, -0.25) is 9.63 Å². The molecule has 0 fully saturated rings. The fraction of sp³-hybridized carbons (Fsp3) is 0.176. The van der Waals surface area contributed by atoms with Crippen LogP contribution in [0.4, 0.5) is 4.39 Å². The molecule has 5 nitrogen and oxygen atoms in total. The number of nitrogens with zero attached hydrogens (tertiary/aromatic N) is 2. The zero-order valence-corrected chi connectivity index (χ0v) is 12.7. The number of nitriles is 1. The lowest BCUT2D eigenvalue weighted by atomic mass is 10.1. The number of hydrogen-bond acceptors (Lipinski definition) is 4. The van der Waals surface area contributed by atoms with Gasteiger partial charge in [-0.15, -0.1) is 0 Å². The maximum Gasteiger partial charge on any atom is 0.277 e. The van der Waals surface area contributed by atoms with Crippen LogP contribution in [0.2, 0.25) is 0 Å². The second-order valence-corrected chi connectivity index (χ2v) is 4.72. The lowest BCUT2D eigenvalue weighted by Gasteiger charge is -2.15. The van der Waals surface area contributed by atoms with Crippen LogP contribution in [-0.4, -0.2) is 25.1 Å². The number of ether oxygens (including phenoxy) is 1. The van der Waals surface area contributed by atoms with Gasteiger partial charge in [0, 0.05) is 12.6 Å². The molecule has 0 heterocycles. The number of carbonyl (C=O) groups is 1. The largest absolute Gasteiger partial charge is 0.487 e. The minimum Gasteiger partial charge on any atom is -0.487 e. The molecule has 2 aromatic rings. The van der Waals surface area contributed by atoms with Crippen LogP contribution in [0.25, 0.3) is 0 Å². The zero-order chi connectivity index (χ0) is 16.8. The van der Waals surface area contributed by atoms with Gasteiger partial charge in [0.15, 0.2) is 0 Å². The SMILES string of the molecule is CON(C)C(=O)c1ccc(C#N)c(OCc2ccc(F)cc2)c1. The first-order valence-electron chi connectivity index (χ1n) is 6.78. The molecule has 2 aromatic carbocycles. The molecule has 118 valence electrons. The van der Waals surface area contributed by atoms with Gasteiger partial charge in [-0.05, 0) is 35.9 Å². The van der Waals surface area contributed by atoms with Gasteiger partial charge in [-0.25, -0.2) is 9.45 Å². The molecule has 2 rings (SSSR count). The summed E-state index contributed by atoms with van der Waals surface area (Å²) < 4.78 is 18.5. The Bertz CT molecular complexity index is 738. The van der Waals surface area contributed by atoms with Gasteiger partial charge in [0.1, 0.15) is 24.2 Å². The third-order valence-electron chi connectivity index (χ3n) is 3.22. The number of halogens is 1. The van der Waals surface area contributed by atoms with Crippen molar-refractivity contribution in [1.29, 1.82) is 5.26 Å². The van der Waals surface area contributed by atoms with Crippen molar-refractivity contribution in [1.82, 2.24) is 5.06 Å². The highest BCUT2D eigenvalue weighted by atomic mass is 19.1. The Kier molecular flexibility index (Phi) is 5.28. The van der Waals surface area contributed by atoms with E-state index >= 15 is 0 Å². The van der Waals surface area contributed by atoms with E-state index in [4.69, 9.17) is 14.8 Å². The highest BCUT2D eigenvalue weighted by Crippen LogP contribution is 2.22.